The number of amides is 1. The van der Waals surface area contributed by atoms with E-state index in [9.17, 15) is 4.79 Å². The molecule has 1 heterocycles. The zero-order valence-electron chi connectivity index (χ0n) is 10.7. The molecule has 1 aliphatic heterocycles. The average molecular weight is 248 g/mol. The number of ether oxygens (including phenoxy) is 1. The number of aryl methyl sites for hydroxylation is 1. The summed E-state index contributed by atoms with van der Waals surface area (Å²) in [7, 11) is 0. The summed E-state index contributed by atoms with van der Waals surface area (Å²) in [6, 6.07) is 6.11. The summed E-state index contributed by atoms with van der Waals surface area (Å²) in [6.45, 7) is 3.12. The Kier molecular flexibility index (Phi) is 4.20. The molecule has 0 radical (unpaired) electrons. The molecule has 98 valence electrons. The largest absolute Gasteiger partial charge is 0.493 e. The van der Waals surface area contributed by atoms with Crippen LogP contribution in [0.15, 0.2) is 18.2 Å². The van der Waals surface area contributed by atoms with E-state index < -0.39 is 0 Å². The Morgan fingerprint density at radius 3 is 3.17 bits per heavy atom. The van der Waals surface area contributed by atoms with Crippen LogP contribution in [0.1, 0.15) is 36.4 Å². The van der Waals surface area contributed by atoms with Crippen LogP contribution in [-0.4, -0.2) is 19.1 Å². The van der Waals surface area contributed by atoms with Crippen molar-refractivity contribution in [3.05, 3.63) is 29.3 Å². The molecule has 1 atom stereocenters. The van der Waals surface area contributed by atoms with Crippen LogP contribution in [0.25, 0.3) is 0 Å². The number of fused-ring (bicyclic) bond motifs is 1. The van der Waals surface area contributed by atoms with Crippen molar-refractivity contribution < 1.29 is 9.53 Å². The molecule has 1 aromatic carbocycles. The molecule has 1 aromatic rings. The van der Waals surface area contributed by atoms with E-state index in [-0.39, 0.29) is 11.9 Å². The molecule has 0 bridgehead atoms. The van der Waals surface area contributed by atoms with Crippen molar-refractivity contribution in [3.8, 4) is 5.75 Å². The van der Waals surface area contributed by atoms with Gasteiger partial charge in [-0.25, -0.2) is 0 Å². The van der Waals surface area contributed by atoms with Crippen molar-refractivity contribution in [1.82, 2.24) is 5.32 Å². The van der Waals surface area contributed by atoms with Gasteiger partial charge in [-0.1, -0.05) is 18.2 Å². The summed E-state index contributed by atoms with van der Waals surface area (Å²) in [5.74, 6) is 0.935. The number of carbonyl (C=O) groups excluding carboxylic acids is 1. The Morgan fingerprint density at radius 1 is 1.56 bits per heavy atom. The molecule has 0 saturated carbocycles. The van der Waals surface area contributed by atoms with Crippen molar-refractivity contribution in [1.29, 1.82) is 0 Å². The van der Waals surface area contributed by atoms with Gasteiger partial charge in [0.25, 0.3) is 0 Å². The van der Waals surface area contributed by atoms with Crippen molar-refractivity contribution in [2.45, 2.75) is 32.2 Å². The highest BCUT2D eigenvalue weighted by molar-refractivity contribution is 5.76. The minimum absolute atomic E-state index is 0.0110. The van der Waals surface area contributed by atoms with Gasteiger partial charge in [-0.3, -0.25) is 4.79 Å². The Bertz CT molecular complexity index is 432. The molecule has 0 spiro atoms. The third-order valence-electron chi connectivity index (χ3n) is 3.21. The van der Waals surface area contributed by atoms with E-state index in [0.717, 1.165) is 29.7 Å². The van der Waals surface area contributed by atoms with E-state index >= 15 is 0 Å². The standard InChI is InChI=1S/C14H20N2O2/c1-10-4-2-5-11-12(16-13(17)7-8-15)6-3-9-18-14(10)11/h2,4-5,12H,3,6-9,15H2,1H3,(H,16,17). The predicted molar refractivity (Wildman–Crippen MR) is 70.5 cm³/mol. The molecule has 0 saturated heterocycles. The minimum atomic E-state index is 0.0110. The molecule has 18 heavy (non-hydrogen) atoms. The fourth-order valence-corrected chi connectivity index (χ4v) is 2.31. The lowest BCUT2D eigenvalue weighted by atomic mass is 9.99. The second-order valence-corrected chi connectivity index (χ2v) is 4.64. The summed E-state index contributed by atoms with van der Waals surface area (Å²) in [5, 5.41) is 3.04. The smallest absolute Gasteiger partial charge is 0.221 e. The van der Waals surface area contributed by atoms with E-state index in [2.05, 4.69) is 5.32 Å². The average Bonchev–Trinajstić information content (AvgIpc) is 2.54. The van der Waals surface area contributed by atoms with Crippen LogP contribution >= 0.6 is 0 Å². The summed E-state index contributed by atoms with van der Waals surface area (Å²) in [5.41, 5.74) is 7.60. The van der Waals surface area contributed by atoms with Gasteiger partial charge in [0.15, 0.2) is 0 Å². The summed E-state index contributed by atoms with van der Waals surface area (Å²) in [6.07, 6.45) is 2.23. The highest BCUT2D eigenvalue weighted by atomic mass is 16.5. The highest BCUT2D eigenvalue weighted by Crippen LogP contribution is 2.33. The zero-order chi connectivity index (χ0) is 13.0. The van der Waals surface area contributed by atoms with E-state index in [1.54, 1.807) is 0 Å². The summed E-state index contributed by atoms with van der Waals surface area (Å²) < 4.78 is 5.78. The van der Waals surface area contributed by atoms with Gasteiger partial charge in [0.1, 0.15) is 5.75 Å². The first-order valence-electron chi connectivity index (χ1n) is 6.44. The first-order valence-corrected chi connectivity index (χ1v) is 6.44. The van der Waals surface area contributed by atoms with E-state index in [1.165, 1.54) is 0 Å². The Balaban J connectivity index is 2.22. The molecule has 3 N–H and O–H groups in total. The summed E-state index contributed by atoms with van der Waals surface area (Å²) >= 11 is 0. The molecular formula is C14H20N2O2. The number of nitrogens with one attached hydrogen (secondary N) is 1. The second-order valence-electron chi connectivity index (χ2n) is 4.64. The van der Waals surface area contributed by atoms with Crippen molar-refractivity contribution in [2.75, 3.05) is 13.2 Å². The van der Waals surface area contributed by atoms with E-state index in [1.807, 2.05) is 25.1 Å². The normalized spacial score (nSPS) is 18.4. The Labute approximate surface area is 108 Å². The Hall–Kier alpha value is -1.55. The van der Waals surface area contributed by atoms with Gasteiger partial charge in [-0.15, -0.1) is 0 Å². The molecular weight excluding hydrogens is 228 g/mol. The van der Waals surface area contributed by atoms with Crippen molar-refractivity contribution in [2.24, 2.45) is 5.73 Å². The van der Waals surface area contributed by atoms with Gasteiger partial charge < -0.3 is 15.8 Å². The van der Waals surface area contributed by atoms with Gasteiger partial charge in [-0.05, 0) is 25.3 Å². The molecule has 0 fully saturated rings. The molecule has 0 aliphatic carbocycles. The fourth-order valence-electron chi connectivity index (χ4n) is 2.31. The van der Waals surface area contributed by atoms with Crippen LogP contribution in [0.3, 0.4) is 0 Å². The number of rotatable bonds is 3. The molecule has 4 nitrogen and oxygen atoms in total. The van der Waals surface area contributed by atoms with E-state index in [0.29, 0.717) is 19.6 Å². The maximum atomic E-state index is 11.7. The van der Waals surface area contributed by atoms with Gasteiger partial charge in [0.05, 0.1) is 12.6 Å². The topological polar surface area (TPSA) is 64.3 Å². The maximum absolute atomic E-state index is 11.7. The second kappa shape index (κ2) is 5.87. The quantitative estimate of drug-likeness (QED) is 0.855. The van der Waals surface area contributed by atoms with E-state index in [4.69, 9.17) is 10.5 Å². The first-order chi connectivity index (χ1) is 8.72. The van der Waals surface area contributed by atoms with Gasteiger partial charge >= 0.3 is 0 Å². The Morgan fingerprint density at radius 2 is 2.39 bits per heavy atom. The van der Waals surface area contributed by atoms with Crippen LogP contribution in [0.5, 0.6) is 5.75 Å². The number of hydrogen-bond donors (Lipinski definition) is 2. The highest BCUT2D eigenvalue weighted by Gasteiger charge is 2.22. The number of carbonyl (C=O) groups is 1. The lowest BCUT2D eigenvalue weighted by molar-refractivity contribution is -0.121. The van der Waals surface area contributed by atoms with Gasteiger partial charge in [-0.2, -0.15) is 0 Å². The third-order valence-corrected chi connectivity index (χ3v) is 3.21. The maximum Gasteiger partial charge on any atom is 0.221 e. The van der Waals surface area contributed by atoms with Crippen molar-refractivity contribution in [3.63, 3.8) is 0 Å². The lowest BCUT2D eigenvalue weighted by Crippen LogP contribution is -2.29. The molecule has 4 heteroatoms. The predicted octanol–water partition coefficient (Wildman–Crippen LogP) is 1.67. The monoisotopic (exact) mass is 248 g/mol. The van der Waals surface area contributed by atoms with Gasteiger partial charge in [0, 0.05) is 18.5 Å². The van der Waals surface area contributed by atoms with Crippen LogP contribution in [-0.2, 0) is 4.79 Å². The third kappa shape index (κ3) is 2.82. The van der Waals surface area contributed by atoms with Crippen LogP contribution < -0.4 is 15.8 Å². The van der Waals surface area contributed by atoms with Gasteiger partial charge in [0.2, 0.25) is 5.91 Å². The van der Waals surface area contributed by atoms with Crippen LogP contribution in [0.4, 0.5) is 0 Å². The molecule has 0 aromatic heterocycles. The van der Waals surface area contributed by atoms with Crippen LogP contribution in [0, 0.1) is 6.92 Å². The molecule has 1 aliphatic rings. The van der Waals surface area contributed by atoms with Crippen LogP contribution in [0.2, 0.25) is 0 Å². The lowest BCUT2D eigenvalue weighted by Gasteiger charge is -2.19. The number of para-hydroxylation sites is 1. The summed E-state index contributed by atoms with van der Waals surface area (Å²) in [4.78, 5) is 11.7. The molecule has 1 amide bonds. The number of hydrogen-bond acceptors (Lipinski definition) is 3. The number of benzene rings is 1. The van der Waals surface area contributed by atoms with Crippen molar-refractivity contribution >= 4 is 5.91 Å². The zero-order valence-corrected chi connectivity index (χ0v) is 10.7. The first kappa shape index (κ1) is 12.9. The minimum Gasteiger partial charge on any atom is -0.493 e. The molecule has 2 rings (SSSR count). The SMILES string of the molecule is Cc1cccc2c1OCCCC2NC(=O)CCN. The fraction of sp³-hybridized carbons (Fsp3) is 0.500. The molecule has 1 unspecified atom stereocenters. The number of nitrogens with two attached hydrogens (primary N) is 1.